The predicted octanol–water partition coefficient (Wildman–Crippen LogP) is 1.87. The zero-order valence-corrected chi connectivity index (χ0v) is 10.2. The third kappa shape index (κ3) is 2.09. The van der Waals surface area contributed by atoms with Gasteiger partial charge in [0, 0.05) is 9.75 Å². The minimum Gasteiger partial charge on any atom is -0.476 e. The van der Waals surface area contributed by atoms with Crippen LogP contribution in [0.4, 0.5) is 0 Å². The minimum absolute atomic E-state index is 0.136. The van der Waals surface area contributed by atoms with Crippen LogP contribution in [0.15, 0.2) is 12.4 Å². The van der Waals surface area contributed by atoms with Crippen LogP contribution in [0.2, 0.25) is 0 Å². The first kappa shape index (κ1) is 11.8. The average molecular weight is 252 g/mol. The summed E-state index contributed by atoms with van der Waals surface area (Å²) in [6, 6.07) is 1.96. The molecule has 6 heteroatoms. The number of nitrogens with one attached hydrogen (secondary N) is 1. The number of aryl methyl sites for hydroxylation is 2. The van der Waals surface area contributed by atoms with Crippen molar-refractivity contribution >= 4 is 17.3 Å². The minimum atomic E-state index is -1.15. The number of H-pyrrole nitrogens is 1. The van der Waals surface area contributed by atoms with Crippen LogP contribution in [-0.2, 0) is 0 Å². The molecule has 0 aromatic carbocycles. The van der Waals surface area contributed by atoms with Gasteiger partial charge < -0.3 is 15.2 Å². The first-order chi connectivity index (χ1) is 8.00. The monoisotopic (exact) mass is 252 g/mol. The summed E-state index contributed by atoms with van der Waals surface area (Å²) in [7, 11) is 0. The van der Waals surface area contributed by atoms with Gasteiger partial charge in [0.1, 0.15) is 6.10 Å². The van der Waals surface area contributed by atoms with Gasteiger partial charge >= 0.3 is 5.97 Å². The van der Waals surface area contributed by atoms with E-state index in [0.29, 0.717) is 0 Å². The van der Waals surface area contributed by atoms with Gasteiger partial charge in [-0.2, -0.15) is 0 Å². The van der Waals surface area contributed by atoms with E-state index in [-0.39, 0.29) is 11.4 Å². The SMILES string of the molecule is Cc1cc(C)c(C(O)c2[nH]cnc2C(=O)O)s1. The Balaban J connectivity index is 2.43. The summed E-state index contributed by atoms with van der Waals surface area (Å²) in [5.74, 6) is -1.15. The molecule has 0 aliphatic carbocycles. The van der Waals surface area contributed by atoms with Gasteiger partial charge in [0.15, 0.2) is 5.69 Å². The molecule has 0 saturated heterocycles. The van der Waals surface area contributed by atoms with Gasteiger partial charge in [0.05, 0.1) is 12.0 Å². The van der Waals surface area contributed by atoms with Gasteiger partial charge in [-0.15, -0.1) is 11.3 Å². The van der Waals surface area contributed by atoms with E-state index in [0.717, 1.165) is 15.3 Å². The molecule has 0 spiro atoms. The number of carboxylic acid groups (broad SMARTS) is 1. The maximum Gasteiger partial charge on any atom is 0.356 e. The third-order valence-electron chi connectivity index (χ3n) is 2.47. The number of aromatic carboxylic acids is 1. The zero-order valence-electron chi connectivity index (χ0n) is 9.39. The molecule has 1 atom stereocenters. The van der Waals surface area contributed by atoms with E-state index >= 15 is 0 Å². The van der Waals surface area contributed by atoms with Crippen molar-refractivity contribution in [2.24, 2.45) is 0 Å². The second-order valence-corrected chi connectivity index (χ2v) is 5.06. The molecule has 2 aromatic heterocycles. The first-order valence-corrected chi connectivity index (χ1v) is 5.84. The summed E-state index contributed by atoms with van der Waals surface area (Å²) in [5.41, 5.74) is 1.04. The van der Waals surface area contributed by atoms with E-state index in [2.05, 4.69) is 9.97 Å². The summed E-state index contributed by atoms with van der Waals surface area (Å²) >= 11 is 1.45. The van der Waals surface area contributed by atoms with Crippen molar-refractivity contribution in [2.45, 2.75) is 20.0 Å². The fourth-order valence-electron chi connectivity index (χ4n) is 1.75. The Kier molecular flexibility index (Phi) is 2.99. The Morgan fingerprint density at radius 2 is 2.24 bits per heavy atom. The lowest BCUT2D eigenvalue weighted by molar-refractivity contribution is 0.0685. The second kappa shape index (κ2) is 4.31. The molecule has 90 valence electrons. The van der Waals surface area contributed by atoms with Crippen molar-refractivity contribution in [3.63, 3.8) is 0 Å². The third-order valence-corrected chi connectivity index (χ3v) is 3.68. The van der Waals surface area contributed by atoms with Crippen molar-refractivity contribution in [1.82, 2.24) is 9.97 Å². The van der Waals surface area contributed by atoms with Crippen molar-refractivity contribution in [2.75, 3.05) is 0 Å². The van der Waals surface area contributed by atoms with Crippen LogP contribution in [0.25, 0.3) is 0 Å². The van der Waals surface area contributed by atoms with Crippen LogP contribution < -0.4 is 0 Å². The number of thiophene rings is 1. The summed E-state index contributed by atoms with van der Waals surface area (Å²) in [4.78, 5) is 19.1. The van der Waals surface area contributed by atoms with E-state index in [4.69, 9.17) is 5.11 Å². The largest absolute Gasteiger partial charge is 0.476 e. The molecule has 0 amide bonds. The zero-order chi connectivity index (χ0) is 12.6. The van der Waals surface area contributed by atoms with Crippen LogP contribution >= 0.6 is 11.3 Å². The number of hydrogen-bond acceptors (Lipinski definition) is 4. The molecular weight excluding hydrogens is 240 g/mol. The van der Waals surface area contributed by atoms with Gasteiger partial charge in [-0.05, 0) is 25.5 Å². The lowest BCUT2D eigenvalue weighted by atomic mass is 10.1. The van der Waals surface area contributed by atoms with Gasteiger partial charge in [-0.25, -0.2) is 9.78 Å². The van der Waals surface area contributed by atoms with Crippen LogP contribution in [0, 0.1) is 13.8 Å². The molecule has 0 fully saturated rings. The smallest absolute Gasteiger partial charge is 0.356 e. The normalized spacial score (nSPS) is 12.6. The van der Waals surface area contributed by atoms with Crippen molar-refractivity contribution in [1.29, 1.82) is 0 Å². The summed E-state index contributed by atoms with van der Waals surface area (Å²) in [5, 5.41) is 19.1. The molecule has 0 aliphatic heterocycles. The highest BCUT2D eigenvalue weighted by Crippen LogP contribution is 2.31. The average Bonchev–Trinajstić information content (AvgIpc) is 2.83. The van der Waals surface area contributed by atoms with E-state index in [1.54, 1.807) is 0 Å². The van der Waals surface area contributed by atoms with E-state index in [9.17, 15) is 9.90 Å². The Bertz CT molecular complexity index is 559. The highest BCUT2D eigenvalue weighted by Gasteiger charge is 2.23. The molecule has 0 bridgehead atoms. The van der Waals surface area contributed by atoms with Gasteiger partial charge in [0.2, 0.25) is 0 Å². The maximum absolute atomic E-state index is 10.9. The lowest BCUT2D eigenvalue weighted by Crippen LogP contribution is -2.07. The number of hydrogen-bond donors (Lipinski definition) is 3. The molecule has 2 aromatic rings. The van der Waals surface area contributed by atoms with E-state index in [1.807, 2.05) is 19.9 Å². The molecule has 2 heterocycles. The molecule has 0 saturated carbocycles. The van der Waals surface area contributed by atoms with Gasteiger partial charge in [0.25, 0.3) is 0 Å². The summed E-state index contributed by atoms with van der Waals surface area (Å²) < 4.78 is 0. The highest BCUT2D eigenvalue weighted by molar-refractivity contribution is 7.12. The quantitative estimate of drug-likeness (QED) is 0.778. The highest BCUT2D eigenvalue weighted by atomic mass is 32.1. The molecule has 2 rings (SSSR count). The molecular formula is C11H12N2O3S. The number of aromatic amines is 1. The topological polar surface area (TPSA) is 86.2 Å². The number of rotatable bonds is 3. The number of aromatic nitrogens is 2. The fourth-order valence-corrected chi connectivity index (χ4v) is 2.78. The van der Waals surface area contributed by atoms with Crippen LogP contribution in [0.5, 0.6) is 0 Å². The van der Waals surface area contributed by atoms with Gasteiger partial charge in [-0.3, -0.25) is 0 Å². The van der Waals surface area contributed by atoms with Gasteiger partial charge in [-0.1, -0.05) is 0 Å². The Hall–Kier alpha value is -1.66. The number of aliphatic hydroxyl groups is 1. The number of carbonyl (C=O) groups is 1. The van der Waals surface area contributed by atoms with Crippen LogP contribution in [0.1, 0.15) is 37.6 Å². The molecule has 0 aliphatic rings. The van der Waals surface area contributed by atoms with Crippen molar-refractivity contribution in [3.05, 3.63) is 39.1 Å². The summed E-state index contributed by atoms with van der Waals surface area (Å²) in [6.45, 7) is 3.83. The molecule has 3 N–H and O–H groups in total. The maximum atomic E-state index is 10.9. The Labute approximate surface area is 102 Å². The van der Waals surface area contributed by atoms with Crippen LogP contribution in [-0.4, -0.2) is 26.2 Å². The molecule has 5 nitrogen and oxygen atoms in total. The standard InChI is InChI=1S/C11H12N2O3S/c1-5-3-6(2)17-10(5)9(14)7-8(11(15)16)13-4-12-7/h3-4,9,14H,1-2H3,(H,12,13)(H,15,16). The fraction of sp³-hybridized carbons (Fsp3) is 0.273. The number of aliphatic hydroxyl groups excluding tert-OH is 1. The molecule has 0 radical (unpaired) electrons. The number of carboxylic acids is 1. The second-order valence-electron chi connectivity index (χ2n) is 3.78. The van der Waals surface area contributed by atoms with Crippen LogP contribution in [0.3, 0.4) is 0 Å². The number of nitrogens with zero attached hydrogens (tertiary/aromatic N) is 1. The lowest BCUT2D eigenvalue weighted by Gasteiger charge is -2.08. The summed E-state index contributed by atoms with van der Waals surface area (Å²) in [6.07, 6.45) is 0.306. The molecule has 17 heavy (non-hydrogen) atoms. The Morgan fingerprint density at radius 3 is 2.76 bits per heavy atom. The number of imidazole rings is 1. The Morgan fingerprint density at radius 1 is 1.53 bits per heavy atom. The van der Waals surface area contributed by atoms with E-state index in [1.165, 1.54) is 17.7 Å². The van der Waals surface area contributed by atoms with Crippen molar-refractivity contribution in [3.8, 4) is 0 Å². The first-order valence-electron chi connectivity index (χ1n) is 5.02. The van der Waals surface area contributed by atoms with E-state index < -0.39 is 12.1 Å². The van der Waals surface area contributed by atoms with Crippen molar-refractivity contribution < 1.29 is 15.0 Å². The predicted molar refractivity (Wildman–Crippen MR) is 63.4 cm³/mol. The molecule has 1 unspecified atom stereocenters.